The maximum Gasteiger partial charge on any atom is 0.244 e. The summed E-state index contributed by atoms with van der Waals surface area (Å²) in [5.41, 5.74) is 5.41. The van der Waals surface area contributed by atoms with Gasteiger partial charge in [-0.15, -0.1) is 5.10 Å². The second-order valence-corrected chi connectivity index (χ2v) is 4.88. The molecule has 2 rings (SSSR count). The van der Waals surface area contributed by atoms with E-state index in [9.17, 15) is 4.79 Å². The Kier molecular flexibility index (Phi) is 3.31. The number of nitrogens with zero attached hydrogens (tertiary/aromatic N) is 4. The Balaban J connectivity index is 1.95. The van der Waals surface area contributed by atoms with Crippen molar-refractivity contribution in [3.63, 3.8) is 0 Å². The monoisotopic (exact) mass is 237 g/mol. The Morgan fingerprint density at radius 1 is 1.65 bits per heavy atom. The van der Waals surface area contributed by atoms with E-state index in [-0.39, 0.29) is 24.4 Å². The minimum Gasteiger partial charge on any atom is -0.367 e. The quantitative estimate of drug-likeness (QED) is 0.809. The predicted molar refractivity (Wildman–Crippen MR) is 64.0 cm³/mol. The molecule has 17 heavy (non-hydrogen) atoms. The first-order valence-corrected chi connectivity index (χ1v) is 6.00. The van der Waals surface area contributed by atoms with Gasteiger partial charge >= 0.3 is 0 Å². The zero-order valence-electron chi connectivity index (χ0n) is 10.3. The molecule has 0 unspecified atom stereocenters. The van der Waals surface area contributed by atoms with Crippen molar-refractivity contribution in [3.8, 4) is 0 Å². The fraction of sp³-hybridized carbons (Fsp3) is 0.727. The van der Waals surface area contributed by atoms with Gasteiger partial charge in [-0.3, -0.25) is 4.79 Å². The summed E-state index contributed by atoms with van der Waals surface area (Å²) in [6.07, 6.45) is 3.97. The number of hydrogen-bond donors (Lipinski definition) is 1. The third-order valence-electron chi connectivity index (χ3n) is 2.95. The fourth-order valence-corrected chi connectivity index (χ4v) is 1.79. The molecule has 0 aliphatic heterocycles. The van der Waals surface area contributed by atoms with Crippen LogP contribution in [0.4, 0.5) is 5.95 Å². The average molecular weight is 237 g/mol. The first kappa shape index (κ1) is 11.9. The van der Waals surface area contributed by atoms with Gasteiger partial charge in [-0.25, -0.2) is 9.67 Å². The van der Waals surface area contributed by atoms with E-state index in [1.165, 1.54) is 23.9 Å². The van der Waals surface area contributed by atoms with Crippen molar-refractivity contribution in [2.24, 2.45) is 5.92 Å². The average Bonchev–Trinajstić information content (AvgIpc) is 2.98. The molecule has 1 aliphatic rings. The number of carbonyl (C=O) groups is 1. The molecule has 6 heteroatoms. The predicted octanol–water partition coefficient (Wildman–Crippen LogP) is 0.507. The van der Waals surface area contributed by atoms with Crippen LogP contribution in [-0.2, 0) is 11.3 Å². The van der Waals surface area contributed by atoms with E-state index in [0.29, 0.717) is 5.92 Å². The number of carbonyl (C=O) groups excluding carboxylic acids is 1. The summed E-state index contributed by atoms with van der Waals surface area (Å²) < 4.78 is 1.49. The van der Waals surface area contributed by atoms with E-state index >= 15 is 0 Å². The van der Waals surface area contributed by atoms with Gasteiger partial charge in [-0.2, -0.15) is 0 Å². The SMILES string of the molecule is CC(C)N(CC1CC1)C(=O)Cn1cnc(N)n1. The Morgan fingerprint density at radius 3 is 2.82 bits per heavy atom. The van der Waals surface area contributed by atoms with Gasteiger partial charge in [0.15, 0.2) is 0 Å². The van der Waals surface area contributed by atoms with Gasteiger partial charge in [0.25, 0.3) is 0 Å². The van der Waals surface area contributed by atoms with E-state index in [1.807, 2.05) is 18.7 Å². The van der Waals surface area contributed by atoms with Crippen LogP contribution in [0.15, 0.2) is 6.33 Å². The summed E-state index contributed by atoms with van der Waals surface area (Å²) in [6.45, 7) is 5.15. The van der Waals surface area contributed by atoms with Crippen LogP contribution in [0.5, 0.6) is 0 Å². The molecule has 0 atom stereocenters. The first-order valence-electron chi connectivity index (χ1n) is 6.00. The maximum absolute atomic E-state index is 12.1. The molecule has 1 amide bonds. The van der Waals surface area contributed by atoms with Crippen LogP contribution in [-0.4, -0.2) is 38.2 Å². The van der Waals surface area contributed by atoms with Crippen LogP contribution in [0, 0.1) is 5.92 Å². The summed E-state index contributed by atoms with van der Waals surface area (Å²) in [5.74, 6) is 0.982. The molecule has 0 radical (unpaired) electrons. The molecule has 1 heterocycles. The van der Waals surface area contributed by atoms with Gasteiger partial charge in [0.05, 0.1) is 0 Å². The molecule has 0 saturated heterocycles. The highest BCUT2D eigenvalue weighted by molar-refractivity contribution is 5.76. The molecule has 1 saturated carbocycles. The topological polar surface area (TPSA) is 77.0 Å². The lowest BCUT2D eigenvalue weighted by molar-refractivity contribution is -0.134. The zero-order valence-corrected chi connectivity index (χ0v) is 10.3. The van der Waals surface area contributed by atoms with Crippen molar-refractivity contribution in [1.29, 1.82) is 0 Å². The number of rotatable bonds is 5. The van der Waals surface area contributed by atoms with Crippen LogP contribution >= 0.6 is 0 Å². The number of aromatic nitrogens is 3. The summed E-state index contributed by atoms with van der Waals surface area (Å²) in [7, 11) is 0. The molecule has 6 nitrogen and oxygen atoms in total. The molecule has 1 fully saturated rings. The van der Waals surface area contributed by atoms with Crippen molar-refractivity contribution in [3.05, 3.63) is 6.33 Å². The Hall–Kier alpha value is -1.59. The fourth-order valence-electron chi connectivity index (χ4n) is 1.79. The number of nitrogen functional groups attached to an aromatic ring is 1. The molecular weight excluding hydrogens is 218 g/mol. The molecule has 94 valence electrons. The summed E-state index contributed by atoms with van der Waals surface area (Å²) in [6, 6.07) is 0.226. The van der Waals surface area contributed by atoms with Crippen LogP contribution < -0.4 is 5.73 Å². The van der Waals surface area contributed by atoms with Crippen LogP contribution in [0.1, 0.15) is 26.7 Å². The van der Waals surface area contributed by atoms with E-state index in [2.05, 4.69) is 10.1 Å². The standard InChI is InChI=1S/C11H19N5O/c1-8(2)16(5-9-3-4-9)10(17)6-15-7-13-11(12)14-15/h7-9H,3-6H2,1-2H3,(H2,12,14). The third-order valence-corrected chi connectivity index (χ3v) is 2.95. The van der Waals surface area contributed by atoms with Crippen LogP contribution in [0.2, 0.25) is 0 Å². The van der Waals surface area contributed by atoms with Crippen molar-refractivity contribution < 1.29 is 4.79 Å². The zero-order chi connectivity index (χ0) is 12.4. The largest absolute Gasteiger partial charge is 0.367 e. The highest BCUT2D eigenvalue weighted by atomic mass is 16.2. The molecule has 1 aliphatic carbocycles. The van der Waals surface area contributed by atoms with Crippen molar-refractivity contribution in [2.75, 3.05) is 12.3 Å². The lowest BCUT2D eigenvalue weighted by Gasteiger charge is -2.26. The minimum absolute atomic E-state index is 0.0804. The minimum atomic E-state index is 0.0804. The second-order valence-electron chi connectivity index (χ2n) is 4.88. The summed E-state index contributed by atoms with van der Waals surface area (Å²) >= 11 is 0. The van der Waals surface area contributed by atoms with Gasteiger partial charge in [-0.05, 0) is 32.6 Å². The number of anilines is 1. The normalized spacial score (nSPS) is 15.2. The first-order chi connectivity index (χ1) is 8.06. The van der Waals surface area contributed by atoms with Crippen molar-refractivity contribution >= 4 is 11.9 Å². The third kappa shape index (κ3) is 3.18. The Morgan fingerprint density at radius 2 is 2.35 bits per heavy atom. The molecule has 0 bridgehead atoms. The summed E-state index contributed by atoms with van der Waals surface area (Å²) in [5, 5.41) is 3.92. The number of amides is 1. The lowest BCUT2D eigenvalue weighted by Crippen LogP contribution is -2.40. The van der Waals surface area contributed by atoms with Crippen molar-refractivity contribution in [2.45, 2.75) is 39.3 Å². The number of hydrogen-bond acceptors (Lipinski definition) is 4. The number of nitrogens with two attached hydrogens (primary N) is 1. The smallest absolute Gasteiger partial charge is 0.244 e. The van der Waals surface area contributed by atoms with Crippen LogP contribution in [0.25, 0.3) is 0 Å². The summed E-state index contributed by atoms with van der Waals surface area (Å²) in [4.78, 5) is 17.8. The molecule has 0 spiro atoms. The highest BCUT2D eigenvalue weighted by Gasteiger charge is 2.28. The lowest BCUT2D eigenvalue weighted by atomic mass is 10.2. The van der Waals surface area contributed by atoms with Gasteiger partial charge in [-0.1, -0.05) is 0 Å². The molecule has 2 N–H and O–H groups in total. The molecule has 0 aromatic carbocycles. The molecular formula is C11H19N5O. The van der Waals surface area contributed by atoms with Gasteiger partial charge in [0, 0.05) is 12.6 Å². The van der Waals surface area contributed by atoms with E-state index < -0.39 is 0 Å². The van der Waals surface area contributed by atoms with Gasteiger partial charge in [0.2, 0.25) is 11.9 Å². The van der Waals surface area contributed by atoms with E-state index in [4.69, 9.17) is 5.73 Å². The molecule has 1 aromatic rings. The van der Waals surface area contributed by atoms with Gasteiger partial charge in [0.1, 0.15) is 12.9 Å². The van der Waals surface area contributed by atoms with Crippen LogP contribution in [0.3, 0.4) is 0 Å². The maximum atomic E-state index is 12.1. The second kappa shape index (κ2) is 4.73. The van der Waals surface area contributed by atoms with E-state index in [0.717, 1.165) is 6.54 Å². The van der Waals surface area contributed by atoms with E-state index in [1.54, 1.807) is 0 Å². The van der Waals surface area contributed by atoms with Gasteiger partial charge < -0.3 is 10.6 Å². The molecule has 1 aromatic heterocycles. The van der Waals surface area contributed by atoms with Crippen molar-refractivity contribution in [1.82, 2.24) is 19.7 Å². The Labute approximate surface area is 101 Å². The highest BCUT2D eigenvalue weighted by Crippen LogP contribution is 2.30. The Bertz CT molecular complexity index is 396.